The molecule has 4 rings (SSSR count). The first-order valence-electron chi connectivity index (χ1n) is 11.3. The molecule has 166 valence electrons. The second kappa shape index (κ2) is 8.73. The number of fused-ring (bicyclic) bond motifs is 1. The Kier molecular flexibility index (Phi) is 6.23. The van der Waals surface area contributed by atoms with Gasteiger partial charge in [0.25, 0.3) is 0 Å². The van der Waals surface area contributed by atoms with Gasteiger partial charge in [0, 0.05) is 50.4 Å². The van der Waals surface area contributed by atoms with Gasteiger partial charge in [-0.2, -0.15) is 0 Å². The van der Waals surface area contributed by atoms with Gasteiger partial charge in [-0.1, -0.05) is 24.2 Å². The lowest BCUT2D eigenvalue weighted by Crippen LogP contribution is -2.50. The molecule has 3 aliphatic rings. The Morgan fingerprint density at radius 1 is 1.07 bits per heavy atom. The molecule has 8 heteroatoms. The lowest BCUT2D eigenvalue weighted by molar-refractivity contribution is -0.133. The number of amides is 2. The molecule has 0 aromatic carbocycles. The largest absolute Gasteiger partial charge is 0.444 e. The van der Waals surface area contributed by atoms with Gasteiger partial charge >= 0.3 is 6.09 Å². The minimum Gasteiger partial charge on any atom is -0.444 e. The van der Waals surface area contributed by atoms with E-state index in [-0.39, 0.29) is 6.09 Å². The monoisotopic (exact) mass is 434 g/mol. The van der Waals surface area contributed by atoms with Gasteiger partial charge < -0.3 is 19.4 Å². The van der Waals surface area contributed by atoms with Crippen LogP contribution in [0.25, 0.3) is 0 Å². The van der Waals surface area contributed by atoms with E-state index in [1.54, 1.807) is 16.2 Å². The van der Waals surface area contributed by atoms with E-state index >= 15 is 0 Å². The summed E-state index contributed by atoms with van der Waals surface area (Å²) in [5.74, 6) is 0.908. The fourth-order valence-electron chi connectivity index (χ4n) is 4.53. The van der Waals surface area contributed by atoms with Crippen molar-refractivity contribution in [2.75, 3.05) is 37.6 Å². The predicted molar refractivity (Wildman–Crippen MR) is 118 cm³/mol. The Labute approximate surface area is 183 Å². The number of carbonyl (C=O) groups excluding carboxylic acids is 2. The second-order valence-electron chi connectivity index (χ2n) is 9.74. The third-order valence-corrected chi connectivity index (χ3v) is 7.36. The summed E-state index contributed by atoms with van der Waals surface area (Å²) in [6.07, 6.45) is 6.31. The van der Waals surface area contributed by atoms with Crippen LogP contribution in [-0.4, -0.2) is 65.1 Å². The van der Waals surface area contributed by atoms with E-state index in [4.69, 9.17) is 9.72 Å². The summed E-state index contributed by atoms with van der Waals surface area (Å²) >= 11 is 1.71. The third-order valence-electron chi connectivity index (χ3n) is 6.21. The Bertz CT molecular complexity index is 774. The van der Waals surface area contributed by atoms with E-state index in [1.807, 2.05) is 25.7 Å². The van der Waals surface area contributed by atoms with Crippen molar-refractivity contribution in [3.63, 3.8) is 0 Å². The number of piperazine rings is 1. The number of thiazole rings is 1. The van der Waals surface area contributed by atoms with Crippen LogP contribution in [-0.2, 0) is 22.5 Å². The van der Waals surface area contributed by atoms with E-state index in [1.165, 1.54) is 30.6 Å². The molecule has 0 spiro atoms. The summed E-state index contributed by atoms with van der Waals surface area (Å²) in [5.41, 5.74) is 0.679. The van der Waals surface area contributed by atoms with Gasteiger partial charge in [0.15, 0.2) is 5.13 Å². The average molecular weight is 435 g/mol. The zero-order valence-corrected chi connectivity index (χ0v) is 19.3. The van der Waals surface area contributed by atoms with E-state index < -0.39 is 5.60 Å². The van der Waals surface area contributed by atoms with Crippen LogP contribution in [0.5, 0.6) is 0 Å². The molecule has 1 saturated heterocycles. The molecule has 2 aliphatic heterocycles. The minimum absolute atomic E-state index is 0.239. The highest BCUT2D eigenvalue weighted by Gasteiger charge is 2.30. The second-order valence-corrected chi connectivity index (χ2v) is 10.8. The number of carbonyl (C=O) groups is 2. The normalized spacial score (nSPS) is 20.4. The third kappa shape index (κ3) is 5.07. The van der Waals surface area contributed by atoms with Crippen LogP contribution in [0.4, 0.5) is 9.93 Å². The average Bonchev–Trinajstić information content (AvgIpc) is 3.35. The standard InChI is InChI=1S/C22H34N4O3S/c1-22(2,3)29-21(28)25-12-10-24(11-13-25)20-23-17-8-9-26(15-18(17)30-20)19(27)14-16-6-4-5-7-16/h16H,4-15H2,1-3H3. The van der Waals surface area contributed by atoms with Crippen LogP contribution in [0, 0.1) is 5.92 Å². The summed E-state index contributed by atoms with van der Waals surface area (Å²) in [7, 11) is 0. The maximum absolute atomic E-state index is 12.7. The molecule has 1 aromatic heterocycles. The topological polar surface area (TPSA) is 66.0 Å². The lowest BCUT2D eigenvalue weighted by Gasteiger charge is -2.35. The number of hydrogen-bond donors (Lipinski definition) is 0. The summed E-state index contributed by atoms with van der Waals surface area (Å²) in [4.78, 5) is 37.2. The van der Waals surface area contributed by atoms with Crippen LogP contribution in [0.1, 0.15) is 63.4 Å². The van der Waals surface area contributed by atoms with Crippen molar-refractivity contribution in [2.45, 2.75) is 71.4 Å². The number of nitrogens with zero attached hydrogens (tertiary/aromatic N) is 4. The molecule has 0 unspecified atom stereocenters. The fraction of sp³-hybridized carbons (Fsp3) is 0.773. The van der Waals surface area contributed by atoms with Gasteiger partial charge in [-0.3, -0.25) is 4.79 Å². The Morgan fingerprint density at radius 2 is 1.77 bits per heavy atom. The Hall–Kier alpha value is -1.83. The molecule has 0 bridgehead atoms. The van der Waals surface area contributed by atoms with Gasteiger partial charge in [0.05, 0.1) is 12.2 Å². The molecular weight excluding hydrogens is 400 g/mol. The van der Waals surface area contributed by atoms with Crippen LogP contribution < -0.4 is 4.90 Å². The van der Waals surface area contributed by atoms with Crippen molar-refractivity contribution in [2.24, 2.45) is 5.92 Å². The number of hydrogen-bond acceptors (Lipinski definition) is 6. The molecule has 0 atom stereocenters. The smallest absolute Gasteiger partial charge is 0.410 e. The summed E-state index contributed by atoms with van der Waals surface area (Å²) in [6, 6.07) is 0. The van der Waals surface area contributed by atoms with Crippen molar-refractivity contribution in [1.29, 1.82) is 0 Å². The zero-order chi connectivity index (χ0) is 21.3. The van der Waals surface area contributed by atoms with Crippen LogP contribution in [0.15, 0.2) is 0 Å². The molecule has 1 saturated carbocycles. The SMILES string of the molecule is CC(C)(C)OC(=O)N1CCN(c2nc3c(s2)CN(C(=O)CC2CCCC2)CC3)CC1. The molecule has 30 heavy (non-hydrogen) atoms. The maximum Gasteiger partial charge on any atom is 0.410 e. The molecule has 0 radical (unpaired) electrons. The van der Waals surface area contributed by atoms with E-state index in [0.29, 0.717) is 37.9 Å². The first-order valence-corrected chi connectivity index (χ1v) is 12.1. The molecule has 0 N–H and O–H groups in total. The van der Waals surface area contributed by atoms with Crippen molar-refractivity contribution in [3.8, 4) is 0 Å². The molecule has 1 aliphatic carbocycles. The van der Waals surface area contributed by atoms with E-state index in [2.05, 4.69) is 4.90 Å². The molecule has 7 nitrogen and oxygen atoms in total. The number of ether oxygens (including phenoxy) is 1. The zero-order valence-electron chi connectivity index (χ0n) is 18.5. The van der Waals surface area contributed by atoms with Crippen molar-refractivity contribution in [1.82, 2.24) is 14.8 Å². The van der Waals surface area contributed by atoms with Gasteiger partial charge in [-0.25, -0.2) is 9.78 Å². The summed E-state index contributed by atoms with van der Waals surface area (Å²) in [5, 5.41) is 1.02. The molecule has 2 amide bonds. The van der Waals surface area contributed by atoms with Crippen LogP contribution in [0.2, 0.25) is 0 Å². The fourth-order valence-corrected chi connectivity index (χ4v) is 5.70. The number of rotatable bonds is 3. The van der Waals surface area contributed by atoms with E-state index in [9.17, 15) is 9.59 Å². The van der Waals surface area contributed by atoms with E-state index in [0.717, 1.165) is 36.9 Å². The van der Waals surface area contributed by atoms with Gasteiger partial charge in [-0.15, -0.1) is 0 Å². The highest BCUT2D eigenvalue weighted by atomic mass is 32.1. The minimum atomic E-state index is -0.469. The van der Waals surface area contributed by atoms with Crippen molar-refractivity contribution in [3.05, 3.63) is 10.6 Å². The molecule has 2 fully saturated rings. The van der Waals surface area contributed by atoms with Crippen LogP contribution in [0.3, 0.4) is 0 Å². The first kappa shape index (κ1) is 21.4. The van der Waals surface area contributed by atoms with Gasteiger partial charge in [-0.05, 0) is 39.5 Å². The number of aromatic nitrogens is 1. The molecule has 3 heterocycles. The highest BCUT2D eigenvalue weighted by Crippen LogP contribution is 2.33. The van der Waals surface area contributed by atoms with Crippen molar-refractivity contribution < 1.29 is 14.3 Å². The summed E-state index contributed by atoms with van der Waals surface area (Å²) < 4.78 is 5.48. The summed E-state index contributed by atoms with van der Waals surface area (Å²) in [6.45, 7) is 9.97. The number of anilines is 1. The maximum atomic E-state index is 12.7. The lowest BCUT2D eigenvalue weighted by atomic mass is 10.0. The first-order chi connectivity index (χ1) is 14.3. The Balaban J connectivity index is 1.31. The quantitative estimate of drug-likeness (QED) is 0.726. The Morgan fingerprint density at radius 3 is 2.43 bits per heavy atom. The van der Waals surface area contributed by atoms with Crippen molar-refractivity contribution >= 4 is 28.5 Å². The predicted octanol–water partition coefficient (Wildman–Crippen LogP) is 3.67. The van der Waals surface area contributed by atoms with Gasteiger partial charge in [0.1, 0.15) is 5.60 Å². The molecular formula is C22H34N4O3S. The highest BCUT2D eigenvalue weighted by molar-refractivity contribution is 7.15. The van der Waals surface area contributed by atoms with Crippen LogP contribution >= 0.6 is 11.3 Å². The molecule has 1 aromatic rings. The van der Waals surface area contributed by atoms with Gasteiger partial charge in [0.2, 0.25) is 5.91 Å².